The Morgan fingerprint density at radius 3 is 2.39 bits per heavy atom. The fourth-order valence-corrected chi connectivity index (χ4v) is 2.88. The van der Waals surface area contributed by atoms with Crippen molar-refractivity contribution in [3.8, 4) is 0 Å². The summed E-state index contributed by atoms with van der Waals surface area (Å²) in [6.45, 7) is 7.62. The van der Waals surface area contributed by atoms with E-state index in [4.69, 9.17) is 4.74 Å². The monoisotopic (exact) mass is 309 g/mol. The Morgan fingerprint density at radius 1 is 1.04 bits per heavy atom. The van der Waals surface area contributed by atoms with Gasteiger partial charge < -0.3 is 9.64 Å². The van der Waals surface area contributed by atoms with E-state index in [0.29, 0.717) is 19.1 Å². The SMILES string of the molecule is CC(C)OCC(C)c1ccc(N2Cc3ccccc3C2=O)cc1. The molecule has 1 aliphatic rings. The van der Waals surface area contributed by atoms with E-state index in [-0.39, 0.29) is 12.0 Å². The molecule has 0 radical (unpaired) electrons. The number of anilines is 1. The third-order valence-electron chi connectivity index (χ3n) is 4.27. The van der Waals surface area contributed by atoms with Crippen molar-refractivity contribution in [3.63, 3.8) is 0 Å². The number of carbonyl (C=O) groups is 1. The lowest BCUT2D eigenvalue weighted by molar-refractivity contribution is 0.0702. The van der Waals surface area contributed by atoms with Crippen LogP contribution >= 0.6 is 0 Å². The summed E-state index contributed by atoms with van der Waals surface area (Å²) in [5, 5.41) is 0. The van der Waals surface area contributed by atoms with Gasteiger partial charge >= 0.3 is 0 Å². The molecule has 0 bridgehead atoms. The highest BCUT2D eigenvalue weighted by Crippen LogP contribution is 2.29. The first-order valence-corrected chi connectivity index (χ1v) is 8.17. The first kappa shape index (κ1) is 15.8. The number of hydrogen-bond donors (Lipinski definition) is 0. The smallest absolute Gasteiger partial charge is 0.258 e. The van der Waals surface area contributed by atoms with Crippen LogP contribution in [-0.4, -0.2) is 18.6 Å². The van der Waals surface area contributed by atoms with Crippen LogP contribution in [0, 0.1) is 0 Å². The molecule has 0 saturated heterocycles. The first-order chi connectivity index (χ1) is 11.1. The van der Waals surface area contributed by atoms with Gasteiger partial charge in [0.25, 0.3) is 5.91 Å². The Kier molecular flexibility index (Phi) is 4.49. The van der Waals surface area contributed by atoms with E-state index in [0.717, 1.165) is 16.8 Å². The van der Waals surface area contributed by atoms with Gasteiger partial charge in [-0.05, 0) is 43.2 Å². The molecule has 0 aromatic heterocycles. The minimum atomic E-state index is 0.0875. The summed E-state index contributed by atoms with van der Waals surface area (Å²) in [5.41, 5.74) is 4.10. The van der Waals surface area contributed by atoms with Crippen LogP contribution in [-0.2, 0) is 11.3 Å². The fourth-order valence-electron chi connectivity index (χ4n) is 2.88. The number of ether oxygens (including phenoxy) is 1. The third kappa shape index (κ3) is 3.30. The van der Waals surface area contributed by atoms with Crippen LogP contribution in [0.3, 0.4) is 0 Å². The first-order valence-electron chi connectivity index (χ1n) is 8.17. The van der Waals surface area contributed by atoms with Gasteiger partial charge in [0.15, 0.2) is 0 Å². The molecule has 2 aromatic carbocycles. The maximum atomic E-state index is 12.5. The Morgan fingerprint density at radius 2 is 1.74 bits per heavy atom. The second kappa shape index (κ2) is 6.55. The second-order valence-corrected chi connectivity index (χ2v) is 6.42. The minimum absolute atomic E-state index is 0.0875. The highest BCUT2D eigenvalue weighted by molar-refractivity contribution is 6.09. The van der Waals surface area contributed by atoms with Crippen LogP contribution in [0.1, 0.15) is 48.2 Å². The van der Waals surface area contributed by atoms with E-state index in [1.165, 1.54) is 5.56 Å². The van der Waals surface area contributed by atoms with E-state index in [1.807, 2.05) is 55.1 Å². The van der Waals surface area contributed by atoms with Gasteiger partial charge in [0, 0.05) is 17.2 Å². The van der Waals surface area contributed by atoms with E-state index in [9.17, 15) is 4.79 Å². The summed E-state index contributed by atoms with van der Waals surface area (Å²) >= 11 is 0. The minimum Gasteiger partial charge on any atom is -0.378 e. The average molecular weight is 309 g/mol. The lowest BCUT2D eigenvalue weighted by Gasteiger charge is -2.18. The van der Waals surface area contributed by atoms with Gasteiger partial charge in [0.05, 0.1) is 19.3 Å². The molecule has 1 atom stereocenters. The normalized spacial score (nSPS) is 15.1. The average Bonchev–Trinajstić information content (AvgIpc) is 2.90. The zero-order chi connectivity index (χ0) is 16.4. The third-order valence-corrected chi connectivity index (χ3v) is 4.27. The molecular formula is C20H23NO2. The van der Waals surface area contributed by atoms with Gasteiger partial charge in [0.2, 0.25) is 0 Å². The predicted molar refractivity (Wildman–Crippen MR) is 92.9 cm³/mol. The van der Waals surface area contributed by atoms with Crippen LogP contribution in [0.2, 0.25) is 0 Å². The molecule has 0 aliphatic carbocycles. The molecule has 1 unspecified atom stereocenters. The summed E-state index contributed by atoms with van der Waals surface area (Å²) in [6.07, 6.45) is 0.248. The Bertz CT molecular complexity index is 691. The summed E-state index contributed by atoms with van der Waals surface area (Å²) in [5.74, 6) is 0.433. The Hall–Kier alpha value is -2.13. The van der Waals surface area contributed by atoms with Gasteiger partial charge in [0.1, 0.15) is 0 Å². The van der Waals surface area contributed by atoms with Crippen LogP contribution in [0.25, 0.3) is 0 Å². The second-order valence-electron chi connectivity index (χ2n) is 6.42. The van der Waals surface area contributed by atoms with Gasteiger partial charge in [-0.15, -0.1) is 0 Å². The lowest BCUT2D eigenvalue weighted by atomic mass is 10.0. The van der Waals surface area contributed by atoms with Crippen molar-refractivity contribution in [3.05, 3.63) is 65.2 Å². The quantitative estimate of drug-likeness (QED) is 0.820. The van der Waals surface area contributed by atoms with Crippen LogP contribution in [0.5, 0.6) is 0 Å². The summed E-state index contributed by atoms with van der Waals surface area (Å²) in [6, 6.07) is 16.1. The van der Waals surface area contributed by atoms with Crippen molar-refractivity contribution in [2.45, 2.75) is 39.3 Å². The zero-order valence-corrected chi connectivity index (χ0v) is 14.0. The topological polar surface area (TPSA) is 29.5 Å². The number of fused-ring (bicyclic) bond motifs is 1. The molecule has 1 heterocycles. The molecule has 1 aliphatic heterocycles. The van der Waals surface area contributed by atoms with Crippen molar-refractivity contribution in [2.75, 3.05) is 11.5 Å². The van der Waals surface area contributed by atoms with Crippen molar-refractivity contribution in [2.24, 2.45) is 0 Å². The van der Waals surface area contributed by atoms with Crippen molar-refractivity contribution < 1.29 is 9.53 Å². The molecule has 2 aromatic rings. The number of amides is 1. The summed E-state index contributed by atoms with van der Waals surface area (Å²) < 4.78 is 5.68. The number of nitrogens with zero attached hydrogens (tertiary/aromatic N) is 1. The van der Waals surface area contributed by atoms with E-state index in [2.05, 4.69) is 19.1 Å². The summed E-state index contributed by atoms with van der Waals surface area (Å²) in [7, 11) is 0. The molecule has 0 fully saturated rings. The molecule has 3 rings (SSSR count). The molecule has 3 heteroatoms. The number of carbonyl (C=O) groups excluding carboxylic acids is 1. The molecule has 0 N–H and O–H groups in total. The van der Waals surface area contributed by atoms with Crippen LogP contribution in [0.4, 0.5) is 5.69 Å². The van der Waals surface area contributed by atoms with Crippen molar-refractivity contribution in [1.29, 1.82) is 0 Å². The largest absolute Gasteiger partial charge is 0.378 e. The zero-order valence-electron chi connectivity index (χ0n) is 14.0. The maximum Gasteiger partial charge on any atom is 0.258 e. The molecule has 0 saturated carbocycles. The number of rotatable bonds is 5. The molecule has 0 spiro atoms. The van der Waals surface area contributed by atoms with Crippen molar-refractivity contribution >= 4 is 11.6 Å². The highest BCUT2D eigenvalue weighted by Gasteiger charge is 2.27. The van der Waals surface area contributed by atoms with Crippen molar-refractivity contribution in [1.82, 2.24) is 0 Å². The van der Waals surface area contributed by atoms with Crippen LogP contribution in [0.15, 0.2) is 48.5 Å². The predicted octanol–water partition coefficient (Wildman–Crippen LogP) is 4.38. The standard InChI is InChI=1S/C20H23NO2/c1-14(2)23-13-15(3)16-8-10-18(11-9-16)21-12-17-6-4-5-7-19(17)20(21)22/h4-11,14-15H,12-13H2,1-3H3. The van der Waals surface area contributed by atoms with E-state index in [1.54, 1.807) is 0 Å². The highest BCUT2D eigenvalue weighted by atomic mass is 16.5. The molecule has 3 nitrogen and oxygen atoms in total. The molecule has 1 amide bonds. The molecule has 23 heavy (non-hydrogen) atoms. The van der Waals surface area contributed by atoms with E-state index >= 15 is 0 Å². The lowest BCUT2D eigenvalue weighted by Crippen LogP contribution is -2.22. The Balaban J connectivity index is 1.72. The Labute approximate surface area is 137 Å². The van der Waals surface area contributed by atoms with Gasteiger partial charge in [-0.25, -0.2) is 0 Å². The summed E-state index contributed by atoms with van der Waals surface area (Å²) in [4.78, 5) is 14.3. The fraction of sp³-hybridized carbons (Fsp3) is 0.350. The van der Waals surface area contributed by atoms with Gasteiger partial charge in [-0.1, -0.05) is 37.3 Å². The molecule has 120 valence electrons. The maximum absolute atomic E-state index is 12.5. The molecular weight excluding hydrogens is 286 g/mol. The van der Waals surface area contributed by atoms with Gasteiger partial charge in [-0.3, -0.25) is 4.79 Å². The van der Waals surface area contributed by atoms with E-state index < -0.39 is 0 Å². The van der Waals surface area contributed by atoms with Gasteiger partial charge in [-0.2, -0.15) is 0 Å². The number of benzene rings is 2. The van der Waals surface area contributed by atoms with Crippen LogP contribution < -0.4 is 4.90 Å². The number of hydrogen-bond acceptors (Lipinski definition) is 2.